The molecule has 1 aromatic heterocycles. The van der Waals surface area contributed by atoms with Gasteiger partial charge in [-0.05, 0) is 34.5 Å². The second kappa shape index (κ2) is 5.65. The van der Waals surface area contributed by atoms with E-state index in [2.05, 4.69) is 42.7 Å². The molecule has 0 saturated carbocycles. The van der Waals surface area contributed by atoms with Crippen molar-refractivity contribution in [3.05, 3.63) is 40.0 Å². The van der Waals surface area contributed by atoms with Gasteiger partial charge in [0, 0.05) is 6.20 Å². The Morgan fingerprint density at radius 1 is 1.42 bits per heavy atom. The standard InChI is InChI=1S/C12H11BrN6/c1-7-3-2-4-10(8(7)5-14)17-11-9(13)6-16-12(18-11)19-15/h2-4,6H,15H2,1H3,(H2,16,17,18,19). The number of rotatable bonds is 3. The molecule has 96 valence electrons. The third kappa shape index (κ3) is 2.81. The number of nitrogens with two attached hydrogens (primary N) is 1. The summed E-state index contributed by atoms with van der Waals surface area (Å²) in [5.74, 6) is 6.09. The second-order valence-electron chi connectivity index (χ2n) is 3.77. The van der Waals surface area contributed by atoms with E-state index in [1.165, 1.54) is 0 Å². The highest BCUT2D eigenvalue weighted by Crippen LogP contribution is 2.27. The van der Waals surface area contributed by atoms with Gasteiger partial charge in [-0.1, -0.05) is 12.1 Å². The van der Waals surface area contributed by atoms with Gasteiger partial charge in [-0.3, -0.25) is 5.43 Å². The van der Waals surface area contributed by atoms with Gasteiger partial charge < -0.3 is 5.32 Å². The van der Waals surface area contributed by atoms with Crippen molar-refractivity contribution in [2.24, 2.45) is 5.84 Å². The maximum Gasteiger partial charge on any atom is 0.239 e. The van der Waals surface area contributed by atoms with Crippen molar-refractivity contribution >= 4 is 33.4 Å². The fourth-order valence-electron chi connectivity index (χ4n) is 1.57. The molecular weight excluding hydrogens is 308 g/mol. The monoisotopic (exact) mass is 318 g/mol. The van der Waals surface area contributed by atoms with E-state index in [0.29, 0.717) is 21.5 Å². The Bertz CT molecular complexity index is 649. The number of hydrazine groups is 1. The molecule has 7 heteroatoms. The zero-order valence-corrected chi connectivity index (χ0v) is 11.7. The van der Waals surface area contributed by atoms with Gasteiger partial charge in [0.25, 0.3) is 0 Å². The molecule has 19 heavy (non-hydrogen) atoms. The predicted molar refractivity (Wildman–Crippen MR) is 76.7 cm³/mol. The Kier molecular flexibility index (Phi) is 3.94. The minimum atomic E-state index is 0.289. The van der Waals surface area contributed by atoms with Crippen LogP contribution in [0.15, 0.2) is 28.9 Å². The van der Waals surface area contributed by atoms with Crippen LogP contribution in [-0.2, 0) is 0 Å². The topological polar surface area (TPSA) is 99.7 Å². The normalized spacial score (nSPS) is 9.79. The molecule has 0 fully saturated rings. The highest BCUT2D eigenvalue weighted by atomic mass is 79.9. The maximum atomic E-state index is 9.18. The number of hydrogen-bond donors (Lipinski definition) is 3. The molecule has 1 aromatic carbocycles. The van der Waals surface area contributed by atoms with E-state index in [0.717, 1.165) is 5.56 Å². The molecule has 0 amide bonds. The summed E-state index contributed by atoms with van der Waals surface area (Å²) < 4.78 is 0.678. The molecule has 0 saturated heterocycles. The van der Waals surface area contributed by atoms with Crippen LogP contribution in [0.3, 0.4) is 0 Å². The molecule has 0 radical (unpaired) electrons. The van der Waals surface area contributed by atoms with Crippen molar-refractivity contribution in [1.29, 1.82) is 5.26 Å². The number of nitrogens with one attached hydrogen (secondary N) is 2. The number of nitrogens with zero attached hydrogens (tertiary/aromatic N) is 3. The first-order valence-corrected chi connectivity index (χ1v) is 6.21. The zero-order chi connectivity index (χ0) is 13.8. The summed E-state index contributed by atoms with van der Waals surface area (Å²) in [7, 11) is 0. The SMILES string of the molecule is Cc1cccc(Nc2nc(NN)ncc2Br)c1C#N. The Labute approximate surface area is 118 Å². The summed E-state index contributed by atoms with van der Waals surface area (Å²) in [6, 6.07) is 7.74. The van der Waals surface area contributed by atoms with Crippen molar-refractivity contribution in [3.63, 3.8) is 0 Å². The van der Waals surface area contributed by atoms with Crippen LogP contribution in [0.5, 0.6) is 0 Å². The smallest absolute Gasteiger partial charge is 0.239 e. The van der Waals surface area contributed by atoms with Crippen molar-refractivity contribution in [3.8, 4) is 6.07 Å². The largest absolute Gasteiger partial charge is 0.338 e. The summed E-state index contributed by atoms with van der Waals surface area (Å²) in [4.78, 5) is 8.14. The predicted octanol–water partition coefficient (Wildman–Crippen LogP) is 2.45. The zero-order valence-electron chi connectivity index (χ0n) is 10.1. The van der Waals surface area contributed by atoms with E-state index < -0.39 is 0 Å². The van der Waals surface area contributed by atoms with Gasteiger partial charge >= 0.3 is 0 Å². The van der Waals surface area contributed by atoms with Gasteiger partial charge in [0.1, 0.15) is 11.9 Å². The van der Waals surface area contributed by atoms with Crippen molar-refractivity contribution in [2.75, 3.05) is 10.7 Å². The Morgan fingerprint density at radius 3 is 2.89 bits per heavy atom. The van der Waals surface area contributed by atoms with E-state index in [1.54, 1.807) is 6.20 Å². The molecule has 6 nitrogen and oxygen atoms in total. The van der Waals surface area contributed by atoms with Gasteiger partial charge in [0.15, 0.2) is 0 Å². The minimum absolute atomic E-state index is 0.289. The van der Waals surface area contributed by atoms with E-state index >= 15 is 0 Å². The van der Waals surface area contributed by atoms with E-state index in [1.807, 2.05) is 25.1 Å². The molecule has 0 aliphatic carbocycles. The van der Waals surface area contributed by atoms with Gasteiger partial charge in [-0.15, -0.1) is 0 Å². The summed E-state index contributed by atoms with van der Waals surface area (Å²) in [5.41, 5.74) is 4.53. The van der Waals surface area contributed by atoms with Crippen molar-refractivity contribution < 1.29 is 0 Å². The molecule has 1 heterocycles. The Morgan fingerprint density at radius 2 is 2.21 bits per heavy atom. The van der Waals surface area contributed by atoms with Crippen LogP contribution in [0.4, 0.5) is 17.5 Å². The number of anilines is 3. The van der Waals surface area contributed by atoms with Crippen LogP contribution in [0.1, 0.15) is 11.1 Å². The lowest BCUT2D eigenvalue weighted by Crippen LogP contribution is -2.11. The molecule has 0 atom stereocenters. The Hall–Kier alpha value is -2.17. The summed E-state index contributed by atoms with van der Waals surface area (Å²) >= 11 is 3.34. The highest BCUT2D eigenvalue weighted by molar-refractivity contribution is 9.10. The van der Waals surface area contributed by atoms with Crippen LogP contribution >= 0.6 is 15.9 Å². The number of aromatic nitrogens is 2. The van der Waals surface area contributed by atoms with E-state index in [4.69, 9.17) is 5.84 Å². The van der Waals surface area contributed by atoms with Gasteiger partial charge in [0.05, 0.1) is 15.7 Å². The molecule has 0 bridgehead atoms. The van der Waals surface area contributed by atoms with E-state index in [-0.39, 0.29) is 5.95 Å². The summed E-state index contributed by atoms with van der Waals surface area (Å²) in [5, 5.41) is 12.3. The minimum Gasteiger partial charge on any atom is -0.338 e. The number of halogens is 1. The molecule has 0 aliphatic heterocycles. The first-order valence-electron chi connectivity index (χ1n) is 5.41. The fourth-order valence-corrected chi connectivity index (χ4v) is 1.86. The maximum absolute atomic E-state index is 9.18. The third-order valence-electron chi connectivity index (χ3n) is 2.51. The highest BCUT2D eigenvalue weighted by Gasteiger charge is 2.09. The lowest BCUT2D eigenvalue weighted by atomic mass is 10.1. The molecule has 0 unspecified atom stereocenters. The summed E-state index contributed by atoms with van der Waals surface area (Å²) in [6.45, 7) is 1.88. The first kappa shape index (κ1) is 13.3. The first-order chi connectivity index (χ1) is 9.15. The van der Waals surface area contributed by atoms with Gasteiger partial charge in [-0.2, -0.15) is 10.2 Å². The van der Waals surface area contributed by atoms with Crippen LogP contribution in [0, 0.1) is 18.3 Å². The molecular formula is C12H11BrN6. The molecule has 0 spiro atoms. The quantitative estimate of drug-likeness (QED) is 0.593. The molecule has 2 rings (SSSR count). The van der Waals surface area contributed by atoms with Gasteiger partial charge in [0.2, 0.25) is 5.95 Å². The average Bonchev–Trinajstić information content (AvgIpc) is 2.41. The number of benzene rings is 1. The molecule has 2 aromatic rings. The Balaban J connectivity index is 2.42. The average molecular weight is 319 g/mol. The number of aryl methyl sites for hydroxylation is 1. The van der Waals surface area contributed by atoms with Crippen molar-refractivity contribution in [2.45, 2.75) is 6.92 Å². The lowest BCUT2D eigenvalue weighted by molar-refractivity contribution is 1.11. The van der Waals surface area contributed by atoms with Crippen LogP contribution in [-0.4, -0.2) is 9.97 Å². The number of nitrogen functional groups attached to an aromatic ring is 1. The lowest BCUT2D eigenvalue weighted by Gasteiger charge is -2.11. The van der Waals surface area contributed by atoms with Gasteiger partial charge in [-0.25, -0.2) is 10.8 Å². The number of hydrogen-bond acceptors (Lipinski definition) is 6. The van der Waals surface area contributed by atoms with Crippen LogP contribution in [0.2, 0.25) is 0 Å². The number of nitriles is 1. The third-order valence-corrected chi connectivity index (χ3v) is 3.09. The van der Waals surface area contributed by atoms with Crippen LogP contribution < -0.4 is 16.6 Å². The fraction of sp³-hybridized carbons (Fsp3) is 0.0833. The summed E-state index contributed by atoms with van der Waals surface area (Å²) in [6.07, 6.45) is 1.58. The van der Waals surface area contributed by atoms with Crippen LogP contribution in [0.25, 0.3) is 0 Å². The van der Waals surface area contributed by atoms with E-state index in [9.17, 15) is 5.26 Å². The molecule has 0 aliphatic rings. The molecule has 4 N–H and O–H groups in total. The second-order valence-corrected chi connectivity index (χ2v) is 4.62. The van der Waals surface area contributed by atoms with Crippen molar-refractivity contribution in [1.82, 2.24) is 9.97 Å².